The quantitative estimate of drug-likeness (QED) is 0.496. The van der Waals surface area contributed by atoms with Gasteiger partial charge in [0.05, 0.1) is 6.54 Å². The minimum atomic E-state index is -1.95. The summed E-state index contributed by atoms with van der Waals surface area (Å²) in [6.07, 6.45) is 3.02. The number of methoxy groups -OCH3 is 1. The van der Waals surface area contributed by atoms with Crippen molar-refractivity contribution >= 4 is 12.0 Å². The fraction of sp³-hybridized carbons (Fsp3) is 0.833. The molecule has 7 nitrogen and oxygen atoms in total. The fourth-order valence-corrected chi connectivity index (χ4v) is 1.67. The Morgan fingerprint density at radius 1 is 1.37 bits per heavy atom. The summed E-state index contributed by atoms with van der Waals surface area (Å²) in [7, 11) is 1.64. The largest absolute Gasteiger partial charge is 0.479 e. The average molecular weight is 274 g/mol. The summed E-state index contributed by atoms with van der Waals surface area (Å²) in [5.74, 6) is -1.37. The van der Waals surface area contributed by atoms with E-state index in [0.29, 0.717) is 13.2 Å². The molecule has 1 aliphatic rings. The Balaban J connectivity index is 2.23. The van der Waals surface area contributed by atoms with Crippen LogP contribution in [0.15, 0.2) is 0 Å². The van der Waals surface area contributed by atoms with Crippen LogP contribution in [0.3, 0.4) is 0 Å². The number of carboxylic acid groups (broad SMARTS) is 1. The highest BCUT2D eigenvalue weighted by Gasteiger charge is 2.42. The monoisotopic (exact) mass is 274 g/mol. The molecule has 2 amide bonds. The van der Waals surface area contributed by atoms with E-state index in [-0.39, 0.29) is 12.0 Å². The molecule has 0 aromatic carbocycles. The zero-order chi connectivity index (χ0) is 14.5. The summed E-state index contributed by atoms with van der Waals surface area (Å²) in [5, 5.41) is 23.2. The van der Waals surface area contributed by atoms with Gasteiger partial charge < -0.3 is 25.6 Å². The average Bonchev–Trinajstić information content (AvgIpc) is 3.12. The first-order chi connectivity index (χ1) is 8.81. The molecule has 1 unspecified atom stereocenters. The van der Waals surface area contributed by atoms with Gasteiger partial charge in [-0.25, -0.2) is 9.59 Å². The number of aliphatic hydroxyl groups is 1. The molecule has 0 aromatic rings. The highest BCUT2D eigenvalue weighted by Crippen LogP contribution is 2.48. The van der Waals surface area contributed by atoms with Crippen molar-refractivity contribution in [1.29, 1.82) is 0 Å². The van der Waals surface area contributed by atoms with E-state index in [1.54, 1.807) is 7.11 Å². The molecule has 1 saturated carbocycles. The van der Waals surface area contributed by atoms with Crippen LogP contribution >= 0.6 is 0 Å². The summed E-state index contributed by atoms with van der Waals surface area (Å²) >= 11 is 0. The molecule has 0 bridgehead atoms. The third-order valence-electron chi connectivity index (χ3n) is 3.47. The van der Waals surface area contributed by atoms with Crippen molar-refractivity contribution in [2.75, 3.05) is 26.8 Å². The Hall–Kier alpha value is -1.34. The van der Waals surface area contributed by atoms with Crippen LogP contribution in [-0.2, 0) is 9.53 Å². The Labute approximate surface area is 112 Å². The van der Waals surface area contributed by atoms with Crippen LogP contribution in [0.25, 0.3) is 0 Å². The van der Waals surface area contributed by atoms with Crippen molar-refractivity contribution in [2.45, 2.75) is 31.8 Å². The molecule has 0 aromatic heterocycles. The second kappa shape index (κ2) is 6.21. The van der Waals surface area contributed by atoms with Gasteiger partial charge in [-0.1, -0.05) is 0 Å². The highest BCUT2D eigenvalue weighted by atomic mass is 16.5. The first-order valence-electron chi connectivity index (χ1n) is 6.28. The smallest absolute Gasteiger partial charge is 0.337 e. The zero-order valence-corrected chi connectivity index (χ0v) is 11.4. The second-order valence-electron chi connectivity index (χ2n) is 5.36. The molecule has 7 heteroatoms. The SMILES string of the molecule is COCCC1(CNC(=O)NCC(C)(O)C(=O)O)CC1. The van der Waals surface area contributed by atoms with Crippen molar-refractivity contribution in [3.05, 3.63) is 0 Å². The number of hydrogen-bond acceptors (Lipinski definition) is 4. The van der Waals surface area contributed by atoms with Crippen LogP contribution in [0.4, 0.5) is 4.79 Å². The molecule has 0 saturated heterocycles. The Morgan fingerprint density at radius 2 is 2.00 bits per heavy atom. The second-order valence-corrected chi connectivity index (χ2v) is 5.36. The van der Waals surface area contributed by atoms with E-state index in [4.69, 9.17) is 9.84 Å². The molecule has 0 aliphatic heterocycles. The van der Waals surface area contributed by atoms with E-state index >= 15 is 0 Å². The predicted molar refractivity (Wildman–Crippen MR) is 67.8 cm³/mol. The van der Waals surface area contributed by atoms with Crippen molar-refractivity contribution in [2.24, 2.45) is 5.41 Å². The van der Waals surface area contributed by atoms with Crippen LogP contribution in [0.2, 0.25) is 0 Å². The van der Waals surface area contributed by atoms with Gasteiger partial charge >= 0.3 is 12.0 Å². The van der Waals surface area contributed by atoms with E-state index in [1.807, 2.05) is 0 Å². The first kappa shape index (κ1) is 15.7. The topological polar surface area (TPSA) is 108 Å². The Morgan fingerprint density at radius 3 is 2.47 bits per heavy atom. The van der Waals surface area contributed by atoms with Crippen molar-refractivity contribution < 1.29 is 24.5 Å². The maximum Gasteiger partial charge on any atom is 0.337 e. The number of rotatable bonds is 8. The maximum absolute atomic E-state index is 11.5. The minimum Gasteiger partial charge on any atom is -0.479 e. The predicted octanol–water partition coefficient (Wildman–Crippen LogP) is -0.0621. The normalized spacial score (nSPS) is 19.3. The number of carbonyl (C=O) groups is 2. The van der Waals surface area contributed by atoms with Gasteiger partial charge in [-0.15, -0.1) is 0 Å². The summed E-state index contributed by atoms with van der Waals surface area (Å²) in [4.78, 5) is 22.1. The maximum atomic E-state index is 11.5. The number of amides is 2. The van der Waals surface area contributed by atoms with Gasteiger partial charge in [-0.2, -0.15) is 0 Å². The minimum absolute atomic E-state index is 0.128. The number of urea groups is 1. The first-order valence-corrected chi connectivity index (χ1v) is 6.28. The van der Waals surface area contributed by atoms with Crippen molar-refractivity contribution in [3.8, 4) is 0 Å². The number of nitrogens with one attached hydrogen (secondary N) is 2. The number of carboxylic acids is 1. The third kappa shape index (κ3) is 5.04. The van der Waals surface area contributed by atoms with E-state index in [2.05, 4.69) is 10.6 Å². The lowest BCUT2D eigenvalue weighted by atomic mass is 10.0. The lowest BCUT2D eigenvalue weighted by Crippen LogP contribution is -2.49. The van der Waals surface area contributed by atoms with E-state index in [1.165, 1.54) is 0 Å². The summed E-state index contributed by atoms with van der Waals surface area (Å²) in [6.45, 7) is 2.00. The number of hydrogen-bond donors (Lipinski definition) is 4. The Bertz CT molecular complexity index is 339. The van der Waals surface area contributed by atoms with Gasteiger partial charge in [0.2, 0.25) is 0 Å². The summed E-state index contributed by atoms with van der Waals surface area (Å²) in [6, 6.07) is -0.467. The molecule has 1 fully saturated rings. The molecular formula is C12H22N2O5. The van der Waals surface area contributed by atoms with Crippen molar-refractivity contribution in [3.63, 3.8) is 0 Å². The molecule has 1 rings (SSSR count). The molecule has 4 N–H and O–H groups in total. The molecule has 1 aliphatic carbocycles. The van der Waals surface area contributed by atoms with Gasteiger partial charge in [0, 0.05) is 20.3 Å². The number of ether oxygens (including phenoxy) is 1. The van der Waals surface area contributed by atoms with Gasteiger partial charge in [0.25, 0.3) is 0 Å². The zero-order valence-electron chi connectivity index (χ0n) is 11.4. The number of carbonyl (C=O) groups excluding carboxylic acids is 1. The van der Waals surface area contributed by atoms with Crippen LogP contribution < -0.4 is 10.6 Å². The van der Waals surface area contributed by atoms with E-state index in [9.17, 15) is 14.7 Å². The lowest BCUT2D eigenvalue weighted by molar-refractivity contribution is -0.155. The molecule has 1 atom stereocenters. The van der Waals surface area contributed by atoms with Crippen LogP contribution in [-0.4, -0.2) is 54.6 Å². The molecule has 0 radical (unpaired) electrons. The molecular weight excluding hydrogens is 252 g/mol. The standard InChI is InChI=1S/C12H22N2O5/c1-11(18,9(15)16)7-13-10(17)14-8-12(3-4-12)5-6-19-2/h18H,3-8H2,1-2H3,(H,15,16)(H2,13,14,17). The summed E-state index contributed by atoms with van der Waals surface area (Å²) in [5.41, 5.74) is -1.83. The summed E-state index contributed by atoms with van der Waals surface area (Å²) < 4.78 is 5.02. The number of aliphatic carboxylic acids is 1. The third-order valence-corrected chi connectivity index (χ3v) is 3.47. The Kier molecular flexibility index (Phi) is 5.13. The van der Waals surface area contributed by atoms with Crippen LogP contribution in [0.1, 0.15) is 26.2 Å². The van der Waals surface area contributed by atoms with Crippen LogP contribution in [0.5, 0.6) is 0 Å². The van der Waals surface area contributed by atoms with Crippen molar-refractivity contribution in [1.82, 2.24) is 10.6 Å². The lowest BCUT2D eigenvalue weighted by Gasteiger charge is -2.20. The van der Waals surface area contributed by atoms with E-state index < -0.39 is 17.6 Å². The highest BCUT2D eigenvalue weighted by molar-refractivity contribution is 5.79. The van der Waals surface area contributed by atoms with Gasteiger partial charge in [0.1, 0.15) is 0 Å². The van der Waals surface area contributed by atoms with Gasteiger partial charge in [-0.3, -0.25) is 0 Å². The van der Waals surface area contributed by atoms with E-state index in [0.717, 1.165) is 26.2 Å². The molecule has 110 valence electrons. The fourth-order valence-electron chi connectivity index (χ4n) is 1.67. The van der Waals surface area contributed by atoms with Gasteiger partial charge in [0.15, 0.2) is 5.60 Å². The molecule has 0 heterocycles. The molecule has 19 heavy (non-hydrogen) atoms. The van der Waals surface area contributed by atoms with Crippen LogP contribution in [0, 0.1) is 5.41 Å². The van der Waals surface area contributed by atoms with Gasteiger partial charge in [-0.05, 0) is 31.6 Å². The molecule has 0 spiro atoms.